The monoisotopic (exact) mass is 358 g/mol. The van der Waals surface area contributed by atoms with Gasteiger partial charge in [0.05, 0.1) is 0 Å². The molecule has 0 saturated carbocycles. The van der Waals surface area contributed by atoms with Crippen molar-refractivity contribution in [1.82, 2.24) is 0 Å². The zero-order chi connectivity index (χ0) is 18.9. The van der Waals surface area contributed by atoms with Crippen LogP contribution in [0.3, 0.4) is 0 Å². The van der Waals surface area contributed by atoms with E-state index in [0.29, 0.717) is 5.56 Å². The summed E-state index contributed by atoms with van der Waals surface area (Å²) in [5, 5.41) is 6.89. The molecular weight excluding hydrogens is 340 g/mol. The van der Waals surface area contributed by atoms with Gasteiger partial charge in [0, 0.05) is 5.56 Å². The molecule has 1 nitrogen and oxygen atoms in total. The minimum atomic E-state index is 0.0165. The second-order valence-electron chi connectivity index (χ2n) is 6.99. The second-order valence-corrected chi connectivity index (χ2v) is 6.99. The summed E-state index contributed by atoms with van der Waals surface area (Å²) in [5.41, 5.74) is 1.79. The van der Waals surface area contributed by atoms with Crippen LogP contribution in [0.4, 0.5) is 0 Å². The molecule has 0 saturated heterocycles. The first kappa shape index (κ1) is 16.5. The van der Waals surface area contributed by atoms with Crippen molar-refractivity contribution < 1.29 is 4.79 Å². The number of carbonyl (C=O) groups is 1. The molecule has 0 atom stereocenters. The number of fused-ring (bicyclic) bond motifs is 3. The van der Waals surface area contributed by atoms with Crippen LogP contribution in [0.5, 0.6) is 0 Å². The lowest BCUT2D eigenvalue weighted by Crippen LogP contribution is -1.94. The molecule has 0 unspecified atom stereocenters. The molecule has 28 heavy (non-hydrogen) atoms. The molecule has 5 rings (SSSR count). The molecule has 0 aromatic heterocycles. The third-order valence-electron chi connectivity index (χ3n) is 5.25. The summed E-state index contributed by atoms with van der Waals surface area (Å²) in [6.45, 7) is 0. The molecule has 0 bridgehead atoms. The molecule has 0 aliphatic rings. The van der Waals surface area contributed by atoms with Crippen LogP contribution in [-0.4, -0.2) is 5.78 Å². The van der Waals surface area contributed by atoms with Gasteiger partial charge in [0.2, 0.25) is 0 Å². The SMILES string of the molecule is O=C(/C=C/c1c2ccccc2cc2ccccc12)c1ccc2ccccc2c1. The highest BCUT2D eigenvalue weighted by atomic mass is 16.1. The van der Waals surface area contributed by atoms with Crippen LogP contribution in [-0.2, 0) is 0 Å². The van der Waals surface area contributed by atoms with Gasteiger partial charge in [-0.25, -0.2) is 0 Å². The quantitative estimate of drug-likeness (QED) is 0.192. The average Bonchev–Trinajstić information content (AvgIpc) is 2.76. The van der Waals surface area contributed by atoms with Crippen molar-refractivity contribution in [2.45, 2.75) is 0 Å². The maximum Gasteiger partial charge on any atom is 0.185 e. The minimum absolute atomic E-state index is 0.0165. The molecule has 132 valence electrons. The van der Waals surface area contributed by atoms with Crippen LogP contribution in [0, 0.1) is 0 Å². The zero-order valence-electron chi connectivity index (χ0n) is 15.3. The summed E-state index contributed by atoms with van der Waals surface area (Å²) in [4.78, 5) is 12.8. The van der Waals surface area contributed by atoms with Gasteiger partial charge in [-0.15, -0.1) is 0 Å². The highest BCUT2D eigenvalue weighted by molar-refractivity contribution is 6.12. The van der Waals surface area contributed by atoms with Crippen LogP contribution in [0.1, 0.15) is 15.9 Å². The number of rotatable bonds is 3. The molecular formula is C27H18O. The van der Waals surface area contributed by atoms with Crippen molar-refractivity contribution in [3.05, 3.63) is 114 Å². The minimum Gasteiger partial charge on any atom is -0.289 e. The van der Waals surface area contributed by atoms with E-state index in [-0.39, 0.29) is 5.78 Å². The summed E-state index contributed by atoms with van der Waals surface area (Å²) in [6.07, 6.45) is 3.65. The number of hydrogen-bond acceptors (Lipinski definition) is 1. The summed E-state index contributed by atoms with van der Waals surface area (Å²) in [7, 11) is 0. The lowest BCUT2D eigenvalue weighted by Gasteiger charge is -2.08. The van der Waals surface area contributed by atoms with Gasteiger partial charge in [-0.2, -0.15) is 0 Å². The Hall–Kier alpha value is -3.71. The fraction of sp³-hybridized carbons (Fsp3) is 0. The number of hydrogen-bond donors (Lipinski definition) is 0. The van der Waals surface area contributed by atoms with E-state index in [2.05, 4.69) is 36.4 Å². The first-order valence-electron chi connectivity index (χ1n) is 9.41. The molecule has 0 heterocycles. The lowest BCUT2D eigenvalue weighted by molar-refractivity contribution is 0.104. The normalized spacial score (nSPS) is 11.6. The molecule has 0 spiro atoms. The van der Waals surface area contributed by atoms with Gasteiger partial charge in [0.25, 0.3) is 0 Å². The second kappa shape index (κ2) is 6.79. The van der Waals surface area contributed by atoms with Crippen LogP contribution < -0.4 is 0 Å². The van der Waals surface area contributed by atoms with Crippen LogP contribution in [0.25, 0.3) is 38.4 Å². The van der Waals surface area contributed by atoms with Crippen molar-refractivity contribution in [1.29, 1.82) is 0 Å². The van der Waals surface area contributed by atoms with E-state index in [4.69, 9.17) is 0 Å². The number of carbonyl (C=O) groups excluding carboxylic acids is 1. The van der Waals surface area contributed by atoms with Gasteiger partial charge in [0.15, 0.2) is 5.78 Å². The smallest absolute Gasteiger partial charge is 0.185 e. The Bertz CT molecular complexity index is 1320. The topological polar surface area (TPSA) is 17.1 Å². The number of ketones is 1. The first-order chi connectivity index (χ1) is 13.8. The lowest BCUT2D eigenvalue weighted by atomic mass is 9.96. The van der Waals surface area contributed by atoms with Gasteiger partial charge < -0.3 is 0 Å². The van der Waals surface area contributed by atoms with E-state index in [0.717, 1.165) is 27.1 Å². The van der Waals surface area contributed by atoms with E-state index in [9.17, 15) is 4.79 Å². The van der Waals surface area contributed by atoms with E-state index in [1.807, 2.05) is 66.7 Å². The molecule has 0 aliphatic carbocycles. The Labute approximate surface area is 163 Å². The van der Waals surface area contributed by atoms with Crippen molar-refractivity contribution in [2.75, 3.05) is 0 Å². The summed E-state index contributed by atoms with van der Waals surface area (Å²) in [6, 6.07) is 32.8. The van der Waals surface area contributed by atoms with Gasteiger partial charge in [-0.3, -0.25) is 4.79 Å². The largest absolute Gasteiger partial charge is 0.289 e. The molecule has 0 N–H and O–H groups in total. The van der Waals surface area contributed by atoms with Gasteiger partial charge in [0.1, 0.15) is 0 Å². The Kier molecular flexibility index (Phi) is 3.99. The van der Waals surface area contributed by atoms with Crippen LogP contribution in [0.15, 0.2) is 103 Å². The van der Waals surface area contributed by atoms with Crippen molar-refractivity contribution >= 4 is 44.2 Å². The van der Waals surface area contributed by atoms with Crippen molar-refractivity contribution in [3.63, 3.8) is 0 Å². The molecule has 5 aromatic rings. The van der Waals surface area contributed by atoms with Gasteiger partial charge in [-0.1, -0.05) is 84.9 Å². The van der Waals surface area contributed by atoms with E-state index < -0.39 is 0 Å². The zero-order valence-corrected chi connectivity index (χ0v) is 15.3. The molecule has 5 aromatic carbocycles. The summed E-state index contributed by atoms with van der Waals surface area (Å²) in [5.74, 6) is 0.0165. The summed E-state index contributed by atoms with van der Waals surface area (Å²) >= 11 is 0. The third kappa shape index (κ3) is 2.87. The van der Waals surface area contributed by atoms with Crippen LogP contribution >= 0.6 is 0 Å². The Balaban J connectivity index is 1.61. The van der Waals surface area contributed by atoms with E-state index in [1.54, 1.807) is 6.08 Å². The highest BCUT2D eigenvalue weighted by Gasteiger charge is 2.07. The van der Waals surface area contributed by atoms with Crippen molar-refractivity contribution in [2.24, 2.45) is 0 Å². The fourth-order valence-corrected chi connectivity index (χ4v) is 3.83. The maximum absolute atomic E-state index is 12.8. The number of benzene rings is 5. The summed E-state index contributed by atoms with van der Waals surface area (Å²) < 4.78 is 0. The third-order valence-corrected chi connectivity index (χ3v) is 5.25. The molecule has 0 amide bonds. The standard InChI is InChI=1S/C27H18O/c28-27(23-14-13-19-7-1-2-8-20(19)17-23)16-15-26-24-11-5-3-9-21(24)18-22-10-4-6-12-25(22)26/h1-18H/b16-15+. The molecule has 0 fully saturated rings. The van der Waals surface area contributed by atoms with Crippen molar-refractivity contribution in [3.8, 4) is 0 Å². The molecule has 0 radical (unpaired) electrons. The predicted octanol–water partition coefficient (Wildman–Crippen LogP) is 7.04. The maximum atomic E-state index is 12.8. The molecule has 1 heteroatoms. The van der Waals surface area contributed by atoms with Gasteiger partial charge in [-0.05, 0) is 62.2 Å². The Morgan fingerprint density at radius 3 is 1.82 bits per heavy atom. The van der Waals surface area contributed by atoms with E-state index >= 15 is 0 Å². The Morgan fingerprint density at radius 1 is 0.571 bits per heavy atom. The highest BCUT2D eigenvalue weighted by Crippen LogP contribution is 2.29. The van der Waals surface area contributed by atoms with E-state index in [1.165, 1.54) is 10.8 Å². The fourth-order valence-electron chi connectivity index (χ4n) is 3.83. The average molecular weight is 358 g/mol. The number of allylic oxidation sites excluding steroid dienone is 1. The predicted molar refractivity (Wildman–Crippen MR) is 119 cm³/mol. The molecule has 0 aliphatic heterocycles. The Morgan fingerprint density at radius 2 is 1.14 bits per heavy atom. The van der Waals surface area contributed by atoms with Gasteiger partial charge >= 0.3 is 0 Å². The first-order valence-corrected chi connectivity index (χ1v) is 9.41. The van der Waals surface area contributed by atoms with Crippen LogP contribution in [0.2, 0.25) is 0 Å².